The minimum absolute atomic E-state index is 0.00224. The summed E-state index contributed by atoms with van der Waals surface area (Å²) < 4.78 is 4.60. The Morgan fingerprint density at radius 3 is 2.53 bits per heavy atom. The quantitative estimate of drug-likeness (QED) is 0.361. The minimum Gasteiger partial charge on any atom is -0.505 e. The molecule has 1 aromatic heterocycles. The van der Waals surface area contributed by atoms with Gasteiger partial charge in [-0.2, -0.15) is 0 Å². The smallest absolute Gasteiger partial charge is 0.341 e. The maximum Gasteiger partial charge on any atom is 0.341 e. The molecule has 9 heteroatoms. The standard InChI is InChI=1S/C23H17N3O6/c1-32-23(31)16-6-4-7-18(19(16)27)25-20(28)13-8-9-15-17(11-13)22(30)26(21(15)29)12-14-5-2-3-10-24-14/h2-11,27H,12H2,1H3,(H,25,28). The molecule has 0 radical (unpaired) electrons. The number of phenols is 1. The van der Waals surface area contributed by atoms with Gasteiger partial charge in [0.1, 0.15) is 5.56 Å². The molecule has 0 fully saturated rings. The number of phenolic OH excluding ortho intramolecular Hbond substituents is 1. The summed E-state index contributed by atoms with van der Waals surface area (Å²) in [6, 6.07) is 13.6. The fourth-order valence-electron chi connectivity index (χ4n) is 3.34. The topological polar surface area (TPSA) is 126 Å². The van der Waals surface area contributed by atoms with Crippen LogP contribution >= 0.6 is 0 Å². The summed E-state index contributed by atoms with van der Waals surface area (Å²) in [5.74, 6) is -2.82. The van der Waals surface area contributed by atoms with Gasteiger partial charge in [0.2, 0.25) is 0 Å². The van der Waals surface area contributed by atoms with Gasteiger partial charge in [0.15, 0.2) is 5.75 Å². The van der Waals surface area contributed by atoms with E-state index in [9.17, 15) is 24.3 Å². The first kappa shape index (κ1) is 20.7. The van der Waals surface area contributed by atoms with Gasteiger partial charge in [-0.25, -0.2) is 4.79 Å². The van der Waals surface area contributed by atoms with E-state index in [0.717, 1.165) is 4.90 Å². The molecule has 4 rings (SSSR count). The number of ether oxygens (including phenoxy) is 1. The lowest BCUT2D eigenvalue weighted by molar-refractivity contribution is 0.0594. The highest BCUT2D eigenvalue weighted by atomic mass is 16.5. The van der Waals surface area contributed by atoms with Crippen LogP contribution in [0.15, 0.2) is 60.8 Å². The number of nitrogens with one attached hydrogen (secondary N) is 1. The number of methoxy groups -OCH3 is 1. The van der Waals surface area contributed by atoms with Crippen molar-refractivity contribution in [2.24, 2.45) is 0 Å². The lowest BCUT2D eigenvalue weighted by atomic mass is 10.0. The summed E-state index contributed by atoms with van der Waals surface area (Å²) in [6.07, 6.45) is 1.57. The number of anilines is 1. The molecule has 0 atom stereocenters. The molecule has 0 unspecified atom stereocenters. The fourth-order valence-corrected chi connectivity index (χ4v) is 3.34. The third kappa shape index (κ3) is 3.67. The highest BCUT2D eigenvalue weighted by molar-refractivity contribution is 6.22. The number of rotatable bonds is 5. The Hall–Kier alpha value is -4.53. The van der Waals surface area contributed by atoms with Crippen molar-refractivity contribution in [3.05, 3.63) is 88.7 Å². The van der Waals surface area contributed by atoms with Gasteiger partial charge in [-0.3, -0.25) is 24.3 Å². The zero-order chi connectivity index (χ0) is 22.8. The molecular weight excluding hydrogens is 414 g/mol. The number of esters is 1. The molecule has 2 heterocycles. The molecule has 0 bridgehead atoms. The molecular formula is C23H17N3O6. The van der Waals surface area contributed by atoms with Crippen LogP contribution < -0.4 is 5.32 Å². The van der Waals surface area contributed by atoms with E-state index in [4.69, 9.17) is 0 Å². The molecule has 2 N–H and O–H groups in total. The van der Waals surface area contributed by atoms with Crippen molar-refractivity contribution in [3.63, 3.8) is 0 Å². The Balaban J connectivity index is 1.57. The van der Waals surface area contributed by atoms with Crippen molar-refractivity contribution in [2.75, 3.05) is 12.4 Å². The molecule has 1 aliphatic heterocycles. The van der Waals surface area contributed by atoms with E-state index < -0.39 is 29.4 Å². The molecule has 3 amide bonds. The SMILES string of the molecule is COC(=O)c1cccc(NC(=O)c2ccc3c(c2)C(=O)N(Cc2ccccn2)C3=O)c1O. The normalized spacial score (nSPS) is 12.5. The number of amides is 3. The number of nitrogens with zero attached hydrogens (tertiary/aromatic N) is 2. The third-order valence-corrected chi connectivity index (χ3v) is 4.97. The molecule has 32 heavy (non-hydrogen) atoms. The number of hydrogen-bond donors (Lipinski definition) is 2. The maximum atomic E-state index is 12.8. The van der Waals surface area contributed by atoms with E-state index in [2.05, 4.69) is 15.0 Å². The van der Waals surface area contributed by atoms with Crippen LogP contribution in [0.25, 0.3) is 0 Å². The van der Waals surface area contributed by atoms with E-state index in [1.165, 1.54) is 43.5 Å². The van der Waals surface area contributed by atoms with Crippen LogP contribution in [0.2, 0.25) is 0 Å². The number of benzene rings is 2. The van der Waals surface area contributed by atoms with Crippen molar-refractivity contribution in [1.82, 2.24) is 9.88 Å². The van der Waals surface area contributed by atoms with Crippen LogP contribution in [0.4, 0.5) is 5.69 Å². The molecule has 0 saturated heterocycles. The van der Waals surface area contributed by atoms with Crippen LogP contribution in [-0.2, 0) is 11.3 Å². The second-order valence-electron chi connectivity index (χ2n) is 6.93. The zero-order valence-corrected chi connectivity index (χ0v) is 16.9. The number of para-hydroxylation sites is 1. The molecule has 0 saturated carbocycles. The van der Waals surface area contributed by atoms with E-state index in [0.29, 0.717) is 5.69 Å². The summed E-state index contributed by atoms with van der Waals surface area (Å²) in [4.78, 5) is 55.1. The number of carbonyl (C=O) groups is 4. The van der Waals surface area contributed by atoms with Crippen LogP contribution in [0, 0.1) is 0 Å². The summed E-state index contributed by atoms with van der Waals surface area (Å²) in [5.41, 5.74) is 0.847. The highest BCUT2D eigenvalue weighted by Gasteiger charge is 2.36. The van der Waals surface area contributed by atoms with Crippen LogP contribution in [0.5, 0.6) is 5.75 Å². The Morgan fingerprint density at radius 2 is 1.81 bits per heavy atom. The van der Waals surface area contributed by atoms with Gasteiger partial charge in [0.05, 0.1) is 36.2 Å². The second kappa shape index (κ2) is 8.31. The number of fused-ring (bicyclic) bond motifs is 1. The molecule has 160 valence electrons. The second-order valence-corrected chi connectivity index (χ2v) is 6.93. The maximum absolute atomic E-state index is 12.8. The largest absolute Gasteiger partial charge is 0.505 e. The summed E-state index contributed by atoms with van der Waals surface area (Å²) in [5, 5.41) is 12.8. The Labute approximate surface area is 182 Å². The van der Waals surface area contributed by atoms with Crippen molar-refractivity contribution >= 4 is 29.4 Å². The van der Waals surface area contributed by atoms with Gasteiger partial charge < -0.3 is 15.2 Å². The molecule has 0 aliphatic carbocycles. The van der Waals surface area contributed by atoms with E-state index in [1.54, 1.807) is 24.4 Å². The average molecular weight is 431 g/mol. The van der Waals surface area contributed by atoms with Gasteiger partial charge >= 0.3 is 5.97 Å². The molecule has 1 aliphatic rings. The van der Waals surface area contributed by atoms with Gasteiger partial charge in [0, 0.05) is 11.8 Å². The zero-order valence-electron chi connectivity index (χ0n) is 16.9. The first-order valence-electron chi connectivity index (χ1n) is 9.52. The summed E-state index contributed by atoms with van der Waals surface area (Å²) >= 11 is 0. The Kier molecular flexibility index (Phi) is 5.38. The number of aromatic nitrogens is 1. The van der Waals surface area contributed by atoms with E-state index in [-0.39, 0.29) is 34.5 Å². The number of aromatic hydroxyl groups is 1. The van der Waals surface area contributed by atoms with Gasteiger partial charge in [-0.15, -0.1) is 0 Å². The van der Waals surface area contributed by atoms with Gasteiger partial charge in [-0.1, -0.05) is 12.1 Å². The highest BCUT2D eigenvalue weighted by Crippen LogP contribution is 2.29. The molecule has 9 nitrogen and oxygen atoms in total. The Morgan fingerprint density at radius 1 is 1.03 bits per heavy atom. The predicted molar refractivity (Wildman–Crippen MR) is 112 cm³/mol. The number of carbonyl (C=O) groups excluding carboxylic acids is 4. The first-order valence-corrected chi connectivity index (χ1v) is 9.52. The van der Waals surface area contributed by atoms with Gasteiger partial charge in [0.25, 0.3) is 17.7 Å². The lowest BCUT2D eigenvalue weighted by Gasteiger charge is -2.12. The molecule has 0 spiro atoms. The van der Waals surface area contributed by atoms with Crippen LogP contribution in [0.1, 0.15) is 47.1 Å². The predicted octanol–water partition coefficient (Wildman–Crippen LogP) is 2.62. The molecule has 3 aromatic rings. The van der Waals surface area contributed by atoms with E-state index >= 15 is 0 Å². The minimum atomic E-state index is -0.756. The number of imide groups is 1. The van der Waals surface area contributed by atoms with E-state index in [1.807, 2.05) is 0 Å². The van der Waals surface area contributed by atoms with Crippen molar-refractivity contribution < 1.29 is 29.0 Å². The molecule has 2 aromatic carbocycles. The monoisotopic (exact) mass is 431 g/mol. The summed E-state index contributed by atoms with van der Waals surface area (Å²) in [6.45, 7) is 0.0168. The lowest BCUT2D eigenvalue weighted by Crippen LogP contribution is -2.29. The van der Waals surface area contributed by atoms with Crippen molar-refractivity contribution in [2.45, 2.75) is 6.54 Å². The van der Waals surface area contributed by atoms with Gasteiger partial charge in [-0.05, 0) is 42.5 Å². The number of pyridine rings is 1. The van der Waals surface area contributed by atoms with Crippen LogP contribution in [0.3, 0.4) is 0 Å². The van der Waals surface area contributed by atoms with Crippen LogP contribution in [-0.4, -0.2) is 45.8 Å². The van der Waals surface area contributed by atoms with Crippen molar-refractivity contribution in [1.29, 1.82) is 0 Å². The third-order valence-electron chi connectivity index (χ3n) is 4.97. The Bertz CT molecular complexity index is 1260. The summed E-state index contributed by atoms with van der Waals surface area (Å²) in [7, 11) is 1.17. The fraction of sp³-hybridized carbons (Fsp3) is 0.0870. The number of hydrogen-bond acceptors (Lipinski definition) is 7. The average Bonchev–Trinajstić information content (AvgIpc) is 3.05. The van der Waals surface area contributed by atoms with Crippen molar-refractivity contribution in [3.8, 4) is 5.75 Å². The first-order chi connectivity index (χ1) is 15.4.